The molecule has 0 saturated carbocycles. The third kappa shape index (κ3) is 3.92. The lowest BCUT2D eigenvalue weighted by Gasteiger charge is -2.15. The molecule has 3 aromatic rings. The molecule has 1 saturated heterocycles. The van der Waals surface area contributed by atoms with Gasteiger partial charge in [-0.25, -0.2) is 0 Å². The maximum absolute atomic E-state index is 12.3. The van der Waals surface area contributed by atoms with E-state index in [0.717, 1.165) is 27.6 Å². The van der Waals surface area contributed by atoms with Crippen molar-refractivity contribution in [3.05, 3.63) is 77.9 Å². The van der Waals surface area contributed by atoms with Crippen LogP contribution in [0.15, 0.2) is 76.9 Å². The van der Waals surface area contributed by atoms with E-state index in [-0.39, 0.29) is 5.91 Å². The summed E-state index contributed by atoms with van der Waals surface area (Å²) in [7, 11) is 1.63. The van der Waals surface area contributed by atoms with Crippen LogP contribution in [-0.2, 0) is 11.3 Å². The van der Waals surface area contributed by atoms with Gasteiger partial charge in [0.25, 0.3) is 0 Å². The number of benzene rings is 3. The molecule has 1 aliphatic rings. The van der Waals surface area contributed by atoms with E-state index in [4.69, 9.17) is 4.74 Å². The molecule has 0 aromatic heterocycles. The van der Waals surface area contributed by atoms with Crippen LogP contribution in [0.4, 0.5) is 0 Å². The number of ether oxygens (including phenoxy) is 1. The first kappa shape index (κ1) is 18.3. The molecule has 6 heteroatoms. The fourth-order valence-electron chi connectivity index (χ4n) is 3.04. The molecule has 0 atom stereocenters. The highest BCUT2D eigenvalue weighted by atomic mass is 32.2. The topological polar surface area (TPSA) is 54.3 Å². The van der Waals surface area contributed by atoms with Crippen LogP contribution in [0.2, 0.25) is 0 Å². The Hall–Kier alpha value is -3.12. The fraction of sp³-hybridized carbons (Fsp3) is 0.136. The van der Waals surface area contributed by atoms with Crippen molar-refractivity contribution in [1.82, 2.24) is 4.90 Å². The molecular formula is C22H19N3O2S. The summed E-state index contributed by atoms with van der Waals surface area (Å²) in [6.45, 7) is 0.471. The molecule has 1 heterocycles. The summed E-state index contributed by atoms with van der Waals surface area (Å²) in [5.41, 5.74) is 2.01. The number of carbonyl (C=O) groups is 1. The van der Waals surface area contributed by atoms with E-state index >= 15 is 0 Å². The maximum Gasteiger partial charge on any atom is 0.239 e. The Labute approximate surface area is 167 Å². The standard InChI is InChI=1S/C22H19N3O2S/c1-27-19-11-9-16(10-12-19)14-25-21(26)15-28-22(25)24-23-13-18-7-4-6-17-5-2-3-8-20(17)18/h2-13H,14-15H2,1H3/b23-13-,24-22-. The molecule has 0 spiro atoms. The molecule has 0 unspecified atom stereocenters. The number of nitrogens with zero attached hydrogens (tertiary/aromatic N) is 3. The average Bonchev–Trinajstić information content (AvgIpc) is 3.08. The van der Waals surface area contributed by atoms with Gasteiger partial charge in [-0.2, -0.15) is 5.10 Å². The van der Waals surface area contributed by atoms with Gasteiger partial charge in [0.1, 0.15) is 5.75 Å². The normalized spacial score (nSPS) is 15.8. The molecule has 3 aromatic carbocycles. The first-order valence-corrected chi connectivity index (χ1v) is 9.88. The van der Waals surface area contributed by atoms with Crippen molar-refractivity contribution in [1.29, 1.82) is 0 Å². The van der Waals surface area contributed by atoms with Gasteiger partial charge < -0.3 is 4.74 Å². The Morgan fingerprint density at radius 1 is 1.07 bits per heavy atom. The Morgan fingerprint density at radius 2 is 1.86 bits per heavy atom. The summed E-state index contributed by atoms with van der Waals surface area (Å²) < 4.78 is 5.18. The van der Waals surface area contributed by atoms with Gasteiger partial charge in [0.05, 0.1) is 25.6 Å². The Kier molecular flexibility index (Phi) is 5.39. The van der Waals surface area contributed by atoms with Crippen LogP contribution in [-0.4, -0.2) is 35.1 Å². The second-order valence-electron chi connectivity index (χ2n) is 6.31. The van der Waals surface area contributed by atoms with E-state index in [1.807, 2.05) is 48.5 Å². The highest BCUT2D eigenvalue weighted by molar-refractivity contribution is 8.15. The zero-order chi connectivity index (χ0) is 19.3. The zero-order valence-electron chi connectivity index (χ0n) is 15.4. The van der Waals surface area contributed by atoms with Crippen LogP contribution in [0, 0.1) is 0 Å². The average molecular weight is 389 g/mol. The molecule has 0 N–H and O–H groups in total. The molecule has 1 fully saturated rings. The van der Waals surface area contributed by atoms with Crippen molar-refractivity contribution < 1.29 is 9.53 Å². The minimum atomic E-state index is 0.0416. The minimum Gasteiger partial charge on any atom is -0.497 e. The van der Waals surface area contributed by atoms with Gasteiger partial charge in [-0.1, -0.05) is 66.4 Å². The van der Waals surface area contributed by atoms with Gasteiger partial charge in [0.15, 0.2) is 5.17 Å². The van der Waals surface area contributed by atoms with Crippen LogP contribution in [0.3, 0.4) is 0 Å². The van der Waals surface area contributed by atoms with Crippen molar-refractivity contribution in [2.45, 2.75) is 6.54 Å². The first-order chi connectivity index (χ1) is 13.7. The molecule has 28 heavy (non-hydrogen) atoms. The molecule has 5 nitrogen and oxygen atoms in total. The smallest absolute Gasteiger partial charge is 0.239 e. The molecular weight excluding hydrogens is 370 g/mol. The summed E-state index contributed by atoms with van der Waals surface area (Å²) in [6.07, 6.45) is 1.74. The lowest BCUT2D eigenvalue weighted by molar-refractivity contribution is -0.124. The summed E-state index contributed by atoms with van der Waals surface area (Å²) >= 11 is 1.41. The van der Waals surface area contributed by atoms with Crippen molar-refractivity contribution >= 4 is 39.8 Å². The Bertz CT molecular complexity index is 1060. The van der Waals surface area contributed by atoms with Gasteiger partial charge in [-0.3, -0.25) is 9.69 Å². The Balaban J connectivity index is 1.53. The number of carbonyl (C=O) groups excluding carboxylic acids is 1. The molecule has 0 bridgehead atoms. The van der Waals surface area contributed by atoms with Gasteiger partial charge in [-0.15, -0.1) is 5.10 Å². The van der Waals surface area contributed by atoms with Gasteiger partial charge >= 0.3 is 0 Å². The Morgan fingerprint density at radius 3 is 2.68 bits per heavy atom. The third-order valence-electron chi connectivity index (χ3n) is 4.52. The number of amides is 1. The number of thioether (sulfide) groups is 1. The van der Waals surface area contributed by atoms with Crippen molar-refractivity contribution in [3.63, 3.8) is 0 Å². The summed E-state index contributed by atoms with van der Waals surface area (Å²) in [6, 6.07) is 21.9. The predicted octanol–water partition coefficient (Wildman–Crippen LogP) is 4.31. The lowest BCUT2D eigenvalue weighted by atomic mass is 10.1. The lowest BCUT2D eigenvalue weighted by Crippen LogP contribution is -2.28. The molecule has 0 aliphatic carbocycles. The number of amidine groups is 1. The van der Waals surface area contributed by atoms with Gasteiger partial charge in [-0.05, 0) is 28.5 Å². The van der Waals surface area contributed by atoms with E-state index in [1.54, 1.807) is 18.2 Å². The summed E-state index contributed by atoms with van der Waals surface area (Å²) in [5.74, 6) is 1.22. The zero-order valence-corrected chi connectivity index (χ0v) is 16.2. The number of hydrogen-bond donors (Lipinski definition) is 0. The van der Waals surface area contributed by atoms with E-state index in [1.165, 1.54) is 11.8 Å². The SMILES string of the molecule is COc1ccc(CN2C(=O)CS/C2=N\N=C/c2cccc3ccccc23)cc1. The number of rotatable bonds is 5. The van der Waals surface area contributed by atoms with E-state index in [2.05, 4.69) is 28.4 Å². The fourth-order valence-corrected chi connectivity index (χ4v) is 3.88. The van der Waals surface area contributed by atoms with E-state index in [0.29, 0.717) is 17.5 Å². The van der Waals surface area contributed by atoms with E-state index < -0.39 is 0 Å². The van der Waals surface area contributed by atoms with E-state index in [9.17, 15) is 4.79 Å². The van der Waals surface area contributed by atoms with Crippen LogP contribution in [0.1, 0.15) is 11.1 Å². The highest BCUT2D eigenvalue weighted by Gasteiger charge is 2.28. The van der Waals surface area contributed by atoms with Gasteiger partial charge in [0, 0.05) is 5.56 Å². The number of methoxy groups -OCH3 is 1. The molecule has 1 aliphatic heterocycles. The second-order valence-corrected chi connectivity index (χ2v) is 7.25. The molecule has 0 radical (unpaired) electrons. The predicted molar refractivity (Wildman–Crippen MR) is 115 cm³/mol. The first-order valence-electron chi connectivity index (χ1n) is 8.89. The highest BCUT2D eigenvalue weighted by Crippen LogP contribution is 2.23. The third-order valence-corrected chi connectivity index (χ3v) is 5.47. The van der Waals surface area contributed by atoms with Crippen LogP contribution >= 0.6 is 11.8 Å². The van der Waals surface area contributed by atoms with Crippen molar-refractivity contribution in [3.8, 4) is 5.75 Å². The second kappa shape index (κ2) is 8.27. The molecule has 140 valence electrons. The van der Waals surface area contributed by atoms with Crippen LogP contribution < -0.4 is 4.74 Å². The number of hydrogen-bond acceptors (Lipinski definition) is 5. The maximum atomic E-state index is 12.3. The summed E-state index contributed by atoms with van der Waals surface area (Å²) in [5, 5.41) is 11.5. The minimum absolute atomic E-state index is 0.0416. The molecule has 4 rings (SSSR count). The van der Waals surface area contributed by atoms with Crippen LogP contribution in [0.25, 0.3) is 10.8 Å². The monoisotopic (exact) mass is 389 g/mol. The van der Waals surface area contributed by atoms with Crippen molar-refractivity contribution in [2.24, 2.45) is 10.2 Å². The largest absolute Gasteiger partial charge is 0.497 e. The van der Waals surface area contributed by atoms with Crippen molar-refractivity contribution in [2.75, 3.05) is 12.9 Å². The molecule has 1 amide bonds. The summed E-state index contributed by atoms with van der Waals surface area (Å²) in [4.78, 5) is 13.9. The van der Waals surface area contributed by atoms with Gasteiger partial charge in [0.2, 0.25) is 5.91 Å². The quantitative estimate of drug-likeness (QED) is 0.483. The van der Waals surface area contributed by atoms with Crippen LogP contribution in [0.5, 0.6) is 5.75 Å². The number of fused-ring (bicyclic) bond motifs is 1.